The maximum Gasteiger partial charge on any atom is 0.263 e. The fourth-order valence-electron chi connectivity index (χ4n) is 1.81. The van der Waals surface area contributed by atoms with Gasteiger partial charge in [-0.05, 0) is 13.0 Å². The van der Waals surface area contributed by atoms with Gasteiger partial charge in [0.1, 0.15) is 0 Å². The predicted molar refractivity (Wildman–Crippen MR) is 74.4 cm³/mol. The molecule has 0 saturated heterocycles. The third-order valence-corrected chi connectivity index (χ3v) is 2.86. The van der Waals surface area contributed by atoms with Crippen LogP contribution in [0.25, 0.3) is 10.9 Å². The molecule has 0 amide bonds. The van der Waals surface area contributed by atoms with Crippen LogP contribution >= 0.6 is 0 Å². The summed E-state index contributed by atoms with van der Waals surface area (Å²) in [6.07, 6.45) is 3.61. The van der Waals surface area contributed by atoms with Crippen LogP contribution < -0.4 is 11.3 Å². The molecule has 19 heavy (non-hydrogen) atoms. The number of aromatic nitrogens is 4. The van der Waals surface area contributed by atoms with Crippen molar-refractivity contribution >= 4 is 23.1 Å². The van der Waals surface area contributed by atoms with Gasteiger partial charge in [0.2, 0.25) is 0 Å². The molecule has 0 aliphatic carbocycles. The summed E-state index contributed by atoms with van der Waals surface area (Å²) < 4.78 is 1.34. The number of anilines is 1. The number of hydrogen-bond donors (Lipinski definition) is 3. The van der Waals surface area contributed by atoms with Crippen molar-refractivity contribution in [3.63, 3.8) is 0 Å². The second-order valence-electron chi connectivity index (χ2n) is 4.10. The van der Waals surface area contributed by atoms with Crippen molar-refractivity contribution in [3.05, 3.63) is 41.9 Å². The van der Waals surface area contributed by atoms with Crippen molar-refractivity contribution in [2.75, 3.05) is 11.3 Å². The SMILES string of the molecule is Cc1nnc(N/N=C\c2c[nH]c3ccccc23)n1N. The minimum Gasteiger partial charge on any atom is -0.361 e. The number of fused-ring (bicyclic) bond motifs is 1. The third kappa shape index (κ3) is 2.01. The summed E-state index contributed by atoms with van der Waals surface area (Å²) >= 11 is 0. The number of aromatic amines is 1. The van der Waals surface area contributed by atoms with E-state index in [9.17, 15) is 0 Å². The molecular formula is C12H13N7. The summed E-state index contributed by atoms with van der Waals surface area (Å²) in [7, 11) is 0. The highest BCUT2D eigenvalue weighted by molar-refractivity contribution is 5.99. The van der Waals surface area contributed by atoms with E-state index >= 15 is 0 Å². The van der Waals surface area contributed by atoms with Gasteiger partial charge in [-0.1, -0.05) is 18.2 Å². The Bertz CT molecular complexity index is 737. The number of aryl methyl sites for hydroxylation is 1. The maximum absolute atomic E-state index is 5.70. The summed E-state index contributed by atoms with van der Waals surface area (Å²) in [6, 6.07) is 8.02. The molecule has 0 aliphatic heterocycles. The van der Waals surface area contributed by atoms with Gasteiger partial charge in [-0.3, -0.25) is 0 Å². The zero-order valence-electron chi connectivity index (χ0n) is 10.3. The highest BCUT2D eigenvalue weighted by Gasteiger charge is 2.03. The lowest BCUT2D eigenvalue weighted by Crippen LogP contribution is -2.13. The van der Waals surface area contributed by atoms with E-state index in [1.807, 2.05) is 30.5 Å². The average Bonchev–Trinajstić information content (AvgIpc) is 2.97. The van der Waals surface area contributed by atoms with E-state index < -0.39 is 0 Å². The van der Waals surface area contributed by atoms with Gasteiger partial charge in [0, 0.05) is 22.7 Å². The fourth-order valence-corrected chi connectivity index (χ4v) is 1.81. The summed E-state index contributed by atoms with van der Waals surface area (Å²) in [6.45, 7) is 1.77. The van der Waals surface area contributed by atoms with Crippen molar-refractivity contribution in [1.29, 1.82) is 0 Å². The number of para-hydroxylation sites is 1. The van der Waals surface area contributed by atoms with E-state index in [0.717, 1.165) is 16.5 Å². The number of hydrazone groups is 1. The van der Waals surface area contributed by atoms with Gasteiger partial charge >= 0.3 is 0 Å². The van der Waals surface area contributed by atoms with Gasteiger partial charge < -0.3 is 10.8 Å². The first-order chi connectivity index (χ1) is 9.25. The third-order valence-electron chi connectivity index (χ3n) is 2.86. The van der Waals surface area contributed by atoms with E-state index in [0.29, 0.717) is 11.8 Å². The number of benzene rings is 1. The second kappa shape index (κ2) is 4.45. The monoisotopic (exact) mass is 255 g/mol. The Morgan fingerprint density at radius 3 is 3.00 bits per heavy atom. The molecule has 0 radical (unpaired) electrons. The van der Waals surface area contributed by atoms with Crippen LogP contribution in [0.15, 0.2) is 35.6 Å². The quantitative estimate of drug-likeness (QED) is 0.372. The summed E-state index contributed by atoms with van der Waals surface area (Å²) in [5, 5.41) is 12.9. The lowest BCUT2D eigenvalue weighted by atomic mass is 10.2. The van der Waals surface area contributed by atoms with Crippen LogP contribution in [0.2, 0.25) is 0 Å². The topological polar surface area (TPSA) is 96.9 Å². The highest BCUT2D eigenvalue weighted by atomic mass is 15.5. The molecule has 0 spiro atoms. The van der Waals surface area contributed by atoms with Crippen LogP contribution in [0, 0.1) is 6.92 Å². The lowest BCUT2D eigenvalue weighted by molar-refractivity contribution is 0.926. The number of H-pyrrole nitrogens is 1. The van der Waals surface area contributed by atoms with Crippen LogP contribution in [0.1, 0.15) is 11.4 Å². The van der Waals surface area contributed by atoms with Gasteiger partial charge in [0.15, 0.2) is 5.82 Å². The first-order valence-corrected chi connectivity index (χ1v) is 5.78. The van der Waals surface area contributed by atoms with E-state index in [1.165, 1.54) is 4.68 Å². The van der Waals surface area contributed by atoms with Gasteiger partial charge in [0.05, 0.1) is 6.21 Å². The van der Waals surface area contributed by atoms with Gasteiger partial charge in [-0.25, -0.2) is 10.1 Å². The zero-order valence-corrected chi connectivity index (χ0v) is 10.3. The van der Waals surface area contributed by atoms with Crippen LogP contribution in [-0.2, 0) is 0 Å². The molecule has 4 N–H and O–H groups in total. The molecule has 1 aromatic carbocycles. The molecule has 2 aromatic heterocycles. The van der Waals surface area contributed by atoms with E-state index in [1.54, 1.807) is 13.1 Å². The van der Waals surface area contributed by atoms with Gasteiger partial charge in [0.25, 0.3) is 5.95 Å². The average molecular weight is 255 g/mol. The Balaban J connectivity index is 1.81. The van der Waals surface area contributed by atoms with Gasteiger partial charge in [-0.2, -0.15) is 5.10 Å². The minimum atomic E-state index is 0.397. The van der Waals surface area contributed by atoms with Crippen LogP contribution in [0.5, 0.6) is 0 Å². The van der Waals surface area contributed by atoms with Crippen molar-refractivity contribution in [3.8, 4) is 0 Å². The van der Waals surface area contributed by atoms with Crippen LogP contribution in [0.3, 0.4) is 0 Å². The molecule has 0 unspecified atom stereocenters. The first-order valence-electron chi connectivity index (χ1n) is 5.78. The normalized spacial score (nSPS) is 11.4. The van der Waals surface area contributed by atoms with E-state index in [-0.39, 0.29) is 0 Å². The number of hydrogen-bond acceptors (Lipinski definition) is 5. The van der Waals surface area contributed by atoms with Crippen molar-refractivity contribution < 1.29 is 0 Å². The van der Waals surface area contributed by atoms with Crippen molar-refractivity contribution in [1.82, 2.24) is 19.9 Å². The number of nitrogens with one attached hydrogen (secondary N) is 2. The van der Waals surface area contributed by atoms with Crippen LogP contribution in [-0.4, -0.2) is 26.1 Å². The van der Waals surface area contributed by atoms with Crippen molar-refractivity contribution in [2.45, 2.75) is 6.92 Å². The van der Waals surface area contributed by atoms with Crippen molar-refractivity contribution in [2.24, 2.45) is 5.10 Å². The highest BCUT2D eigenvalue weighted by Crippen LogP contribution is 2.15. The number of nitrogen functional groups attached to an aromatic ring is 1. The number of rotatable bonds is 3. The van der Waals surface area contributed by atoms with E-state index in [2.05, 4.69) is 25.7 Å². The Morgan fingerprint density at radius 2 is 2.21 bits per heavy atom. The van der Waals surface area contributed by atoms with Crippen LogP contribution in [0.4, 0.5) is 5.95 Å². The molecule has 0 bridgehead atoms. The van der Waals surface area contributed by atoms with Gasteiger partial charge in [-0.15, -0.1) is 10.2 Å². The molecule has 2 heterocycles. The molecule has 3 rings (SSSR count). The molecule has 0 fully saturated rings. The molecule has 7 nitrogen and oxygen atoms in total. The summed E-state index contributed by atoms with van der Waals surface area (Å²) in [4.78, 5) is 3.18. The molecular weight excluding hydrogens is 242 g/mol. The smallest absolute Gasteiger partial charge is 0.263 e. The standard InChI is InChI=1S/C12H13N7/c1-8-16-18-12(19(8)13)17-15-7-9-6-14-11-5-3-2-4-10(9)11/h2-7,14H,13H2,1H3,(H,17,18)/b15-7-. The lowest BCUT2D eigenvalue weighted by Gasteiger charge is -1.98. The fraction of sp³-hybridized carbons (Fsp3) is 0.0833. The minimum absolute atomic E-state index is 0.397. The second-order valence-corrected chi connectivity index (χ2v) is 4.10. The Kier molecular flexibility index (Phi) is 2.64. The number of nitrogens with two attached hydrogens (primary N) is 1. The number of nitrogens with zero attached hydrogens (tertiary/aromatic N) is 4. The molecule has 0 aliphatic rings. The Labute approximate surface area is 109 Å². The first kappa shape index (κ1) is 11.3. The summed E-state index contributed by atoms with van der Waals surface area (Å²) in [5.74, 6) is 6.71. The molecule has 96 valence electrons. The zero-order chi connectivity index (χ0) is 13.2. The molecule has 0 saturated carbocycles. The largest absolute Gasteiger partial charge is 0.361 e. The Morgan fingerprint density at radius 1 is 1.37 bits per heavy atom. The molecule has 7 heteroatoms. The molecule has 3 aromatic rings. The predicted octanol–water partition coefficient (Wildman–Crippen LogP) is 1.23. The Hall–Kier alpha value is -2.83. The molecule has 0 atom stereocenters. The maximum atomic E-state index is 5.70. The summed E-state index contributed by atoms with van der Waals surface area (Å²) in [5.41, 5.74) is 4.82. The van der Waals surface area contributed by atoms with E-state index in [4.69, 9.17) is 5.84 Å².